The van der Waals surface area contributed by atoms with E-state index in [4.69, 9.17) is 5.73 Å². The van der Waals surface area contributed by atoms with Gasteiger partial charge >= 0.3 is 0 Å². The van der Waals surface area contributed by atoms with Gasteiger partial charge in [-0.2, -0.15) is 0 Å². The Morgan fingerprint density at radius 1 is 1.00 bits per heavy atom. The highest BCUT2D eigenvalue weighted by Crippen LogP contribution is 2.36. The molecule has 1 aliphatic carbocycles. The topological polar surface area (TPSA) is 41.8 Å². The number of fused-ring (bicyclic) bond motifs is 3. The minimum Gasteiger partial charge on any atom is -0.355 e. The predicted octanol–water partition coefficient (Wildman–Crippen LogP) is 3.35. The smallest absolute Gasteiger partial charge is 0.0465 e. The van der Waals surface area contributed by atoms with Crippen molar-refractivity contribution in [1.29, 1.82) is 0 Å². The lowest BCUT2D eigenvalue weighted by molar-refractivity contribution is 0.673. The molecule has 0 aliphatic heterocycles. The van der Waals surface area contributed by atoms with Crippen LogP contribution < -0.4 is 5.73 Å². The van der Waals surface area contributed by atoms with Crippen molar-refractivity contribution in [1.82, 2.24) is 4.98 Å². The second-order valence-corrected chi connectivity index (χ2v) is 5.59. The summed E-state index contributed by atoms with van der Waals surface area (Å²) in [6, 6.07) is 15.1. The van der Waals surface area contributed by atoms with Crippen LogP contribution in [0.15, 0.2) is 42.5 Å². The second kappa shape index (κ2) is 3.36. The number of H-pyrrole nitrogens is 1. The highest BCUT2D eigenvalue weighted by molar-refractivity contribution is 6.07. The molecule has 3 aromatic rings. The Balaban J connectivity index is 1.89. The number of nitrogens with one attached hydrogen (secondary N) is 1. The van der Waals surface area contributed by atoms with Gasteiger partial charge in [-0.25, -0.2) is 0 Å². The Morgan fingerprint density at radius 2 is 1.78 bits per heavy atom. The zero-order chi connectivity index (χ0) is 12.2. The quantitative estimate of drug-likeness (QED) is 0.704. The van der Waals surface area contributed by atoms with E-state index < -0.39 is 0 Å². The van der Waals surface area contributed by atoms with Crippen LogP contribution in [0.25, 0.3) is 21.8 Å². The van der Waals surface area contributed by atoms with Gasteiger partial charge in [0, 0.05) is 27.3 Å². The summed E-state index contributed by atoms with van der Waals surface area (Å²) in [4.78, 5) is 3.45. The molecular weight excluding hydrogens is 220 g/mol. The van der Waals surface area contributed by atoms with Crippen molar-refractivity contribution in [2.24, 2.45) is 5.73 Å². The van der Waals surface area contributed by atoms with Gasteiger partial charge in [-0.15, -0.1) is 0 Å². The van der Waals surface area contributed by atoms with Crippen molar-refractivity contribution < 1.29 is 0 Å². The number of hydrogen-bond acceptors (Lipinski definition) is 1. The maximum absolute atomic E-state index is 6.20. The summed E-state index contributed by atoms with van der Waals surface area (Å²) < 4.78 is 0. The van der Waals surface area contributed by atoms with E-state index >= 15 is 0 Å². The van der Waals surface area contributed by atoms with Gasteiger partial charge in [0.15, 0.2) is 0 Å². The maximum atomic E-state index is 6.20. The summed E-state index contributed by atoms with van der Waals surface area (Å²) in [5.74, 6) is 0. The monoisotopic (exact) mass is 236 g/mol. The third-order valence-electron chi connectivity index (χ3n) is 4.02. The molecule has 0 spiro atoms. The lowest BCUT2D eigenvalue weighted by Gasteiger charge is -2.08. The summed E-state index contributed by atoms with van der Waals surface area (Å²) in [6.07, 6.45) is 3.33. The predicted molar refractivity (Wildman–Crippen MR) is 75.7 cm³/mol. The number of aromatic nitrogens is 1. The van der Waals surface area contributed by atoms with Crippen LogP contribution >= 0.6 is 0 Å². The van der Waals surface area contributed by atoms with Crippen LogP contribution in [0.2, 0.25) is 0 Å². The van der Waals surface area contributed by atoms with Crippen LogP contribution in [0.5, 0.6) is 0 Å². The Hall–Kier alpha value is -1.80. The first-order valence-electron chi connectivity index (χ1n) is 6.52. The van der Waals surface area contributed by atoms with Gasteiger partial charge in [-0.3, -0.25) is 0 Å². The first-order valence-corrected chi connectivity index (χ1v) is 6.52. The molecule has 1 aliphatic rings. The summed E-state index contributed by atoms with van der Waals surface area (Å²) in [5.41, 5.74) is 10.1. The summed E-state index contributed by atoms with van der Waals surface area (Å²) in [5, 5.41) is 2.61. The van der Waals surface area contributed by atoms with Crippen molar-refractivity contribution in [3.05, 3.63) is 48.0 Å². The maximum Gasteiger partial charge on any atom is 0.0465 e. The number of aromatic amines is 1. The third-order valence-corrected chi connectivity index (χ3v) is 4.02. The molecule has 0 saturated heterocycles. The van der Waals surface area contributed by atoms with Gasteiger partial charge in [-0.05, 0) is 43.0 Å². The normalized spacial score (nSPS) is 17.4. The molecule has 2 heteroatoms. The Labute approximate surface area is 106 Å². The van der Waals surface area contributed by atoms with Crippen LogP contribution in [0, 0.1) is 0 Å². The lowest BCUT2D eigenvalue weighted by Crippen LogP contribution is -2.24. The van der Waals surface area contributed by atoms with E-state index in [1.165, 1.54) is 40.2 Å². The van der Waals surface area contributed by atoms with Crippen LogP contribution in [0.4, 0.5) is 0 Å². The molecule has 1 aromatic heterocycles. The fourth-order valence-corrected chi connectivity index (χ4v) is 2.75. The van der Waals surface area contributed by atoms with Gasteiger partial charge in [0.1, 0.15) is 0 Å². The van der Waals surface area contributed by atoms with Crippen molar-refractivity contribution >= 4 is 21.8 Å². The molecule has 0 radical (unpaired) electrons. The van der Waals surface area contributed by atoms with E-state index in [1.807, 2.05) is 0 Å². The van der Waals surface area contributed by atoms with E-state index in [9.17, 15) is 0 Å². The van der Waals surface area contributed by atoms with E-state index in [0.29, 0.717) is 0 Å². The number of benzene rings is 2. The zero-order valence-corrected chi connectivity index (χ0v) is 10.2. The Kier molecular flexibility index (Phi) is 1.90. The standard InChI is InChI=1S/C16H16N2/c17-16(7-8-16)10-11-5-6-15-13(9-11)12-3-1-2-4-14(12)18-15/h1-6,9,18H,7-8,10,17H2. The summed E-state index contributed by atoms with van der Waals surface area (Å²) >= 11 is 0. The van der Waals surface area contributed by atoms with E-state index in [-0.39, 0.29) is 5.54 Å². The molecule has 0 unspecified atom stereocenters. The van der Waals surface area contributed by atoms with Crippen molar-refractivity contribution in [2.75, 3.05) is 0 Å². The number of para-hydroxylation sites is 1. The minimum absolute atomic E-state index is 0.0831. The van der Waals surface area contributed by atoms with E-state index in [0.717, 1.165) is 6.42 Å². The van der Waals surface area contributed by atoms with Crippen molar-refractivity contribution in [2.45, 2.75) is 24.8 Å². The average Bonchev–Trinajstić information content (AvgIpc) is 2.98. The fourth-order valence-electron chi connectivity index (χ4n) is 2.75. The van der Waals surface area contributed by atoms with Crippen LogP contribution in [-0.4, -0.2) is 10.5 Å². The third kappa shape index (κ3) is 1.53. The molecule has 1 fully saturated rings. The van der Waals surface area contributed by atoms with Crippen molar-refractivity contribution in [3.63, 3.8) is 0 Å². The molecule has 2 aromatic carbocycles. The second-order valence-electron chi connectivity index (χ2n) is 5.59. The molecule has 1 saturated carbocycles. The largest absolute Gasteiger partial charge is 0.355 e. The molecule has 4 rings (SSSR count). The van der Waals surface area contributed by atoms with E-state index in [1.54, 1.807) is 0 Å². The number of hydrogen-bond donors (Lipinski definition) is 2. The van der Waals surface area contributed by atoms with Gasteiger partial charge in [0.2, 0.25) is 0 Å². The number of rotatable bonds is 2. The van der Waals surface area contributed by atoms with Crippen LogP contribution in [0.1, 0.15) is 18.4 Å². The average molecular weight is 236 g/mol. The first kappa shape index (κ1) is 10.2. The van der Waals surface area contributed by atoms with Gasteiger partial charge in [-0.1, -0.05) is 24.3 Å². The molecule has 0 atom stereocenters. The Morgan fingerprint density at radius 3 is 2.61 bits per heavy atom. The molecule has 90 valence electrons. The molecule has 2 nitrogen and oxygen atoms in total. The van der Waals surface area contributed by atoms with Crippen LogP contribution in [-0.2, 0) is 6.42 Å². The highest BCUT2D eigenvalue weighted by Gasteiger charge is 2.37. The van der Waals surface area contributed by atoms with Gasteiger partial charge < -0.3 is 10.7 Å². The molecule has 0 bridgehead atoms. The van der Waals surface area contributed by atoms with Gasteiger partial charge in [0.05, 0.1) is 0 Å². The molecule has 1 heterocycles. The first-order chi connectivity index (χ1) is 8.73. The van der Waals surface area contributed by atoms with Gasteiger partial charge in [0.25, 0.3) is 0 Å². The van der Waals surface area contributed by atoms with E-state index in [2.05, 4.69) is 47.4 Å². The highest BCUT2D eigenvalue weighted by atomic mass is 14.8. The number of nitrogens with two attached hydrogens (primary N) is 1. The summed E-state index contributed by atoms with van der Waals surface area (Å²) in [7, 11) is 0. The Bertz CT molecular complexity index is 735. The molecule has 18 heavy (non-hydrogen) atoms. The SMILES string of the molecule is NC1(Cc2ccc3[nH]c4ccccc4c3c2)CC1. The molecular formula is C16H16N2. The summed E-state index contributed by atoms with van der Waals surface area (Å²) in [6.45, 7) is 0. The van der Waals surface area contributed by atoms with Crippen molar-refractivity contribution in [3.8, 4) is 0 Å². The molecule has 0 amide bonds. The fraction of sp³-hybridized carbons (Fsp3) is 0.250. The molecule has 3 N–H and O–H groups in total. The minimum atomic E-state index is 0.0831. The van der Waals surface area contributed by atoms with Crippen LogP contribution in [0.3, 0.4) is 0 Å². The lowest BCUT2D eigenvalue weighted by atomic mass is 10.0. The zero-order valence-electron chi connectivity index (χ0n) is 10.2.